The zero-order chi connectivity index (χ0) is 20.1. The molecule has 5 heteroatoms. The number of benzene rings is 2. The third-order valence-electron chi connectivity index (χ3n) is 4.56. The molecule has 0 saturated carbocycles. The summed E-state index contributed by atoms with van der Waals surface area (Å²) in [6, 6.07) is 11.4. The Balaban J connectivity index is 2.15. The maximum absolute atomic E-state index is 12.4. The Morgan fingerprint density at radius 2 is 1.81 bits per heavy atom. The van der Waals surface area contributed by atoms with Crippen LogP contribution in [0.2, 0.25) is 5.02 Å². The number of hydrogen-bond donors (Lipinski definition) is 1. The van der Waals surface area contributed by atoms with Crippen LogP contribution in [0, 0.1) is 13.8 Å². The number of carbonyl (C=O) groups is 2. The van der Waals surface area contributed by atoms with E-state index in [1.807, 2.05) is 44.2 Å². The molecule has 0 aliphatic carbocycles. The molecule has 0 unspecified atom stereocenters. The molecule has 0 heterocycles. The molecule has 0 fully saturated rings. The van der Waals surface area contributed by atoms with Gasteiger partial charge in [0.25, 0.3) is 0 Å². The molecule has 0 aromatic heterocycles. The highest BCUT2D eigenvalue weighted by atomic mass is 35.5. The van der Waals surface area contributed by atoms with E-state index in [0.717, 1.165) is 22.4 Å². The van der Waals surface area contributed by atoms with Gasteiger partial charge in [0.15, 0.2) is 0 Å². The lowest BCUT2D eigenvalue weighted by atomic mass is 9.97. The summed E-state index contributed by atoms with van der Waals surface area (Å²) in [7, 11) is 0. The summed E-state index contributed by atoms with van der Waals surface area (Å²) < 4.78 is 0. The first kappa shape index (κ1) is 21.0. The highest BCUT2D eigenvalue weighted by Crippen LogP contribution is 2.31. The lowest BCUT2D eigenvalue weighted by molar-refractivity contribution is -0.117. The van der Waals surface area contributed by atoms with Crippen LogP contribution in [0.3, 0.4) is 0 Å². The molecule has 0 saturated heterocycles. The minimum Gasteiger partial charge on any atom is -0.326 e. The van der Waals surface area contributed by atoms with Crippen LogP contribution in [-0.2, 0) is 9.59 Å². The normalized spacial score (nSPS) is 10.8. The lowest BCUT2D eigenvalue weighted by Gasteiger charge is -2.27. The molecule has 2 rings (SSSR count). The van der Waals surface area contributed by atoms with E-state index in [0.29, 0.717) is 17.3 Å². The van der Waals surface area contributed by atoms with E-state index in [9.17, 15) is 9.59 Å². The third kappa shape index (κ3) is 5.33. The van der Waals surface area contributed by atoms with E-state index in [-0.39, 0.29) is 24.2 Å². The number of rotatable bonds is 6. The SMILES string of the molecule is CC(=O)N(CCC(=O)Nc1ccc(C)c(Cl)c1)c1c(C)cccc1C(C)C. The first-order chi connectivity index (χ1) is 12.7. The van der Waals surface area contributed by atoms with Crippen molar-refractivity contribution in [3.63, 3.8) is 0 Å². The average Bonchev–Trinajstić information content (AvgIpc) is 2.59. The predicted molar refractivity (Wildman–Crippen MR) is 113 cm³/mol. The highest BCUT2D eigenvalue weighted by Gasteiger charge is 2.20. The maximum atomic E-state index is 12.4. The van der Waals surface area contributed by atoms with Crippen LogP contribution in [-0.4, -0.2) is 18.4 Å². The van der Waals surface area contributed by atoms with Crippen LogP contribution in [0.15, 0.2) is 36.4 Å². The Morgan fingerprint density at radius 1 is 1.11 bits per heavy atom. The van der Waals surface area contributed by atoms with E-state index >= 15 is 0 Å². The quantitative estimate of drug-likeness (QED) is 0.716. The zero-order valence-corrected chi connectivity index (χ0v) is 17.4. The van der Waals surface area contributed by atoms with Crippen LogP contribution in [0.5, 0.6) is 0 Å². The predicted octanol–water partition coefficient (Wildman–Crippen LogP) is 5.46. The van der Waals surface area contributed by atoms with Crippen molar-refractivity contribution in [2.24, 2.45) is 0 Å². The van der Waals surface area contributed by atoms with Gasteiger partial charge in [-0.1, -0.05) is 49.7 Å². The fraction of sp³-hybridized carbons (Fsp3) is 0.364. The summed E-state index contributed by atoms with van der Waals surface area (Å²) in [5.74, 6) is 0.0588. The van der Waals surface area contributed by atoms with E-state index in [2.05, 4.69) is 19.2 Å². The van der Waals surface area contributed by atoms with Crippen molar-refractivity contribution < 1.29 is 9.59 Å². The van der Waals surface area contributed by atoms with E-state index in [4.69, 9.17) is 11.6 Å². The Labute approximate surface area is 166 Å². The van der Waals surface area contributed by atoms with Gasteiger partial charge in [-0.3, -0.25) is 9.59 Å². The van der Waals surface area contributed by atoms with Gasteiger partial charge in [-0.25, -0.2) is 0 Å². The van der Waals surface area contributed by atoms with Crippen molar-refractivity contribution in [2.45, 2.75) is 47.0 Å². The van der Waals surface area contributed by atoms with E-state index in [1.54, 1.807) is 11.0 Å². The fourth-order valence-electron chi connectivity index (χ4n) is 3.05. The Morgan fingerprint density at radius 3 is 2.41 bits per heavy atom. The van der Waals surface area contributed by atoms with E-state index in [1.165, 1.54) is 6.92 Å². The molecule has 0 spiro atoms. The van der Waals surface area contributed by atoms with Crippen LogP contribution in [0.1, 0.15) is 49.8 Å². The van der Waals surface area contributed by atoms with Gasteiger partial charge in [0.05, 0.1) is 0 Å². The van der Waals surface area contributed by atoms with E-state index < -0.39 is 0 Å². The highest BCUT2D eigenvalue weighted by molar-refractivity contribution is 6.31. The number of nitrogens with zero attached hydrogens (tertiary/aromatic N) is 1. The number of anilines is 2. The smallest absolute Gasteiger partial charge is 0.226 e. The minimum atomic E-state index is -0.152. The summed E-state index contributed by atoms with van der Waals surface area (Å²) in [6.07, 6.45) is 0.205. The van der Waals surface area contributed by atoms with Gasteiger partial charge >= 0.3 is 0 Å². The molecular weight excluding hydrogens is 360 g/mol. The average molecular weight is 387 g/mol. The number of nitrogens with one attached hydrogen (secondary N) is 1. The lowest BCUT2D eigenvalue weighted by Crippen LogP contribution is -2.33. The standard InChI is InChI=1S/C22H27ClN2O2/c1-14(2)19-8-6-7-16(4)22(19)25(17(5)26)12-11-21(27)24-18-10-9-15(3)20(23)13-18/h6-10,13-14H,11-12H2,1-5H3,(H,24,27). The van der Waals surface area contributed by atoms with Gasteiger partial charge in [0, 0.05) is 36.3 Å². The molecule has 144 valence electrons. The van der Waals surface area contributed by atoms with Crippen molar-refractivity contribution in [2.75, 3.05) is 16.8 Å². The molecular formula is C22H27ClN2O2. The zero-order valence-electron chi connectivity index (χ0n) is 16.6. The number of aryl methyl sites for hydroxylation is 2. The molecule has 0 radical (unpaired) electrons. The number of para-hydroxylation sites is 1. The summed E-state index contributed by atoms with van der Waals surface area (Å²) in [5, 5.41) is 3.46. The van der Waals surface area contributed by atoms with Crippen molar-refractivity contribution in [3.05, 3.63) is 58.1 Å². The molecule has 0 atom stereocenters. The first-order valence-corrected chi connectivity index (χ1v) is 9.52. The Bertz CT molecular complexity index is 846. The van der Waals surface area contributed by atoms with Crippen LogP contribution in [0.4, 0.5) is 11.4 Å². The molecule has 1 N–H and O–H groups in total. The largest absolute Gasteiger partial charge is 0.326 e. The fourth-order valence-corrected chi connectivity index (χ4v) is 3.23. The molecule has 27 heavy (non-hydrogen) atoms. The summed E-state index contributed by atoms with van der Waals surface area (Å²) in [6.45, 7) is 9.97. The number of carbonyl (C=O) groups excluding carboxylic acids is 2. The summed E-state index contributed by atoms with van der Waals surface area (Å²) in [4.78, 5) is 26.4. The van der Waals surface area contributed by atoms with Gasteiger partial charge in [-0.15, -0.1) is 0 Å². The first-order valence-electron chi connectivity index (χ1n) is 9.14. The van der Waals surface area contributed by atoms with Crippen molar-refractivity contribution in [1.29, 1.82) is 0 Å². The van der Waals surface area contributed by atoms with Gasteiger partial charge in [0.1, 0.15) is 0 Å². The molecule has 0 bridgehead atoms. The molecule has 2 aromatic rings. The second kappa shape index (κ2) is 9.05. The Kier molecular flexibility index (Phi) is 7.03. The minimum absolute atomic E-state index is 0.0719. The molecule has 4 nitrogen and oxygen atoms in total. The number of halogens is 1. The number of amides is 2. The topological polar surface area (TPSA) is 49.4 Å². The van der Waals surface area contributed by atoms with Crippen LogP contribution < -0.4 is 10.2 Å². The molecule has 0 aliphatic heterocycles. The maximum Gasteiger partial charge on any atom is 0.226 e. The van der Waals surface area contributed by atoms with Crippen LogP contribution in [0.25, 0.3) is 0 Å². The second-order valence-electron chi connectivity index (χ2n) is 7.10. The Hall–Kier alpha value is -2.33. The van der Waals surface area contributed by atoms with Gasteiger partial charge in [0.2, 0.25) is 11.8 Å². The summed E-state index contributed by atoms with van der Waals surface area (Å²) in [5.41, 5.74) is 4.66. The molecule has 2 amide bonds. The van der Waals surface area contributed by atoms with Gasteiger partial charge < -0.3 is 10.2 Å². The van der Waals surface area contributed by atoms with Crippen LogP contribution >= 0.6 is 11.6 Å². The molecule has 0 aliphatic rings. The second-order valence-corrected chi connectivity index (χ2v) is 7.51. The monoisotopic (exact) mass is 386 g/mol. The third-order valence-corrected chi connectivity index (χ3v) is 4.97. The number of hydrogen-bond acceptors (Lipinski definition) is 2. The van der Waals surface area contributed by atoms with Gasteiger partial charge in [-0.2, -0.15) is 0 Å². The van der Waals surface area contributed by atoms with Crippen molar-refractivity contribution >= 4 is 34.8 Å². The van der Waals surface area contributed by atoms with Crippen molar-refractivity contribution in [1.82, 2.24) is 0 Å². The molecule has 2 aromatic carbocycles. The summed E-state index contributed by atoms with van der Waals surface area (Å²) >= 11 is 6.11. The van der Waals surface area contributed by atoms with Crippen molar-refractivity contribution in [3.8, 4) is 0 Å². The van der Waals surface area contributed by atoms with Gasteiger partial charge in [-0.05, 0) is 48.6 Å².